The van der Waals surface area contributed by atoms with Crippen LogP contribution in [0.5, 0.6) is 5.75 Å². The van der Waals surface area contributed by atoms with Crippen molar-refractivity contribution >= 4 is 12.1 Å². The van der Waals surface area contributed by atoms with Crippen LogP contribution >= 0.6 is 0 Å². The van der Waals surface area contributed by atoms with Crippen molar-refractivity contribution in [1.29, 1.82) is 0 Å². The summed E-state index contributed by atoms with van der Waals surface area (Å²) in [7, 11) is 0. The normalized spacial score (nSPS) is 11.5. The number of carbonyl (C=O) groups excluding carboxylic acids is 1. The highest BCUT2D eigenvalue weighted by Gasteiger charge is 2.13. The van der Waals surface area contributed by atoms with Crippen molar-refractivity contribution in [2.24, 2.45) is 5.10 Å². The first-order chi connectivity index (χ1) is 11.3. The van der Waals surface area contributed by atoms with Gasteiger partial charge in [-0.3, -0.25) is 4.79 Å². The Morgan fingerprint density at radius 3 is 2.33 bits per heavy atom. The zero-order valence-electron chi connectivity index (χ0n) is 14.0. The largest absolute Gasteiger partial charge is 0.484 e. The molecule has 0 atom stereocenters. The Labute approximate surface area is 141 Å². The van der Waals surface area contributed by atoms with E-state index in [2.05, 4.69) is 31.3 Å². The summed E-state index contributed by atoms with van der Waals surface area (Å²) in [5.74, 6) is -0.0593. The number of ether oxygens (including phenoxy) is 1. The fourth-order valence-corrected chi connectivity index (χ4v) is 1.96. The molecule has 126 valence electrons. The minimum absolute atomic E-state index is 0.0744. The van der Waals surface area contributed by atoms with E-state index in [0.29, 0.717) is 11.3 Å². The number of hydrazone groups is 1. The third-order valence-electron chi connectivity index (χ3n) is 3.36. The number of halogens is 1. The van der Waals surface area contributed by atoms with E-state index in [1.807, 2.05) is 24.3 Å². The third-order valence-corrected chi connectivity index (χ3v) is 3.36. The fraction of sp³-hybridized carbons (Fsp3) is 0.263. The Balaban J connectivity index is 1.79. The molecule has 0 aromatic heterocycles. The van der Waals surface area contributed by atoms with Crippen LogP contribution in [0.25, 0.3) is 0 Å². The Bertz CT molecular complexity index is 702. The minimum Gasteiger partial charge on any atom is -0.484 e. The number of benzene rings is 2. The van der Waals surface area contributed by atoms with E-state index in [1.165, 1.54) is 23.9 Å². The van der Waals surface area contributed by atoms with Gasteiger partial charge in [-0.15, -0.1) is 0 Å². The van der Waals surface area contributed by atoms with Crippen LogP contribution in [0.3, 0.4) is 0 Å². The molecule has 0 radical (unpaired) electrons. The Morgan fingerprint density at radius 1 is 1.12 bits per heavy atom. The lowest BCUT2D eigenvalue weighted by molar-refractivity contribution is -0.123. The molecule has 0 aliphatic heterocycles. The van der Waals surface area contributed by atoms with E-state index >= 15 is 0 Å². The molecular weight excluding hydrogens is 307 g/mol. The van der Waals surface area contributed by atoms with E-state index in [9.17, 15) is 9.18 Å². The summed E-state index contributed by atoms with van der Waals surface area (Å²) in [4.78, 5) is 11.7. The number of nitrogens with one attached hydrogen (secondary N) is 1. The van der Waals surface area contributed by atoms with Gasteiger partial charge >= 0.3 is 0 Å². The molecular formula is C19H21FN2O2. The van der Waals surface area contributed by atoms with Gasteiger partial charge in [-0.1, -0.05) is 45.0 Å². The zero-order chi connectivity index (χ0) is 17.6. The smallest absolute Gasteiger partial charge is 0.277 e. The molecule has 1 N–H and O–H groups in total. The monoisotopic (exact) mass is 328 g/mol. The van der Waals surface area contributed by atoms with Crippen LogP contribution < -0.4 is 10.2 Å². The molecule has 0 unspecified atom stereocenters. The van der Waals surface area contributed by atoms with Crippen molar-refractivity contribution in [2.75, 3.05) is 6.61 Å². The number of nitrogens with zero attached hydrogens (tertiary/aromatic N) is 1. The minimum atomic E-state index is -0.367. The number of carbonyl (C=O) groups is 1. The van der Waals surface area contributed by atoms with Gasteiger partial charge in [-0.2, -0.15) is 5.10 Å². The van der Waals surface area contributed by atoms with Gasteiger partial charge in [0.05, 0.1) is 6.21 Å². The van der Waals surface area contributed by atoms with Crippen LogP contribution in [-0.2, 0) is 10.2 Å². The van der Waals surface area contributed by atoms with Crippen LogP contribution in [0.1, 0.15) is 31.9 Å². The van der Waals surface area contributed by atoms with E-state index in [-0.39, 0.29) is 23.7 Å². The summed E-state index contributed by atoms with van der Waals surface area (Å²) in [5.41, 5.74) is 4.33. The van der Waals surface area contributed by atoms with Crippen LogP contribution in [0, 0.1) is 5.82 Å². The van der Waals surface area contributed by atoms with Gasteiger partial charge in [0.25, 0.3) is 5.91 Å². The quantitative estimate of drug-likeness (QED) is 0.673. The fourth-order valence-electron chi connectivity index (χ4n) is 1.96. The first-order valence-corrected chi connectivity index (χ1v) is 7.65. The molecule has 0 aliphatic rings. The molecule has 2 aromatic rings. The van der Waals surface area contributed by atoms with Crippen LogP contribution in [0.2, 0.25) is 0 Å². The van der Waals surface area contributed by atoms with Crippen molar-refractivity contribution in [3.63, 3.8) is 0 Å². The molecule has 5 heteroatoms. The molecule has 2 rings (SSSR count). The lowest BCUT2D eigenvalue weighted by atomic mass is 9.87. The van der Waals surface area contributed by atoms with Gasteiger partial charge in [0, 0.05) is 0 Å². The molecule has 0 fully saturated rings. The lowest BCUT2D eigenvalue weighted by Crippen LogP contribution is -2.24. The average Bonchev–Trinajstić information content (AvgIpc) is 2.54. The Kier molecular flexibility index (Phi) is 5.68. The predicted molar refractivity (Wildman–Crippen MR) is 92.8 cm³/mol. The molecule has 0 heterocycles. The van der Waals surface area contributed by atoms with Gasteiger partial charge in [-0.05, 0) is 40.8 Å². The molecule has 0 saturated heterocycles. The second-order valence-corrected chi connectivity index (χ2v) is 6.41. The van der Waals surface area contributed by atoms with Gasteiger partial charge in [0.15, 0.2) is 6.61 Å². The highest BCUT2D eigenvalue weighted by molar-refractivity contribution is 5.82. The van der Waals surface area contributed by atoms with Crippen LogP contribution in [0.4, 0.5) is 4.39 Å². The van der Waals surface area contributed by atoms with E-state index in [4.69, 9.17) is 4.74 Å². The maximum Gasteiger partial charge on any atom is 0.277 e. The lowest BCUT2D eigenvalue weighted by Gasteiger charge is -2.19. The molecule has 0 aliphatic carbocycles. The van der Waals surface area contributed by atoms with Crippen molar-refractivity contribution < 1.29 is 13.9 Å². The summed E-state index contributed by atoms with van der Waals surface area (Å²) < 4.78 is 18.2. The molecule has 0 saturated carbocycles. The van der Waals surface area contributed by atoms with Crippen molar-refractivity contribution in [2.45, 2.75) is 26.2 Å². The van der Waals surface area contributed by atoms with E-state index in [0.717, 1.165) is 0 Å². The van der Waals surface area contributed by atoms with Gasteiger partial charge in [0.1, 0.15) is 11.6 Å². The van der Waals surface area contributed by atoms with Gasteiger partial charge in [-0.25, -0.2) is 9.82 Å². The van der Waals surface area contributed by atoms with Crippen LogP contribution in [-0.4, -0.2) is 18.7 Å². The number of hydrogen-bond acceptors (Lipinski definition) is 3. The second-order valence-electron chi connectivity index (χ2n) is 6.41. The van der Waals surface area contributed by atoms with Crippen molar-refractivity contribution in [3.05, 3.63) is 65.5 Å². The maximum atomic E-state index is 12.8. The van der Waals surface area contributed by atoms with E-state index < -0.39 is 0 Å². The topological polar surface area (TPSA) is 50.7 Å². The highest BCUT2D eigenvalue weighted by Crippen LogP contribution is 2.24. The number of amides is 1. The van der Waals surface area contributed by atoms with Gasteiger partial charge in [0.2, 0.25) is 0 Å². The number of hydrogen-bond donors (Lipinski definition) is 1. The first kappa shape index (κ1) is 17.7. The summed E-state index contributed by atoms with van der Waals surface area (Å²) in [6.07, 6.45) is 1.44. The SMILES string of the molecule is CC(C)(C)c1ccc(OCC(=O)N/N=C/c2ccc(F)cc2)cc1. The average molecular weight is 328 g/mol. The molecule has 24 heavy (non-hydrogen) atoms. The van der Waals surface area contributed by atoms with Crippen LogP contribution in [0.15, 0.2) is 53.6 Å². The highest BCUT2D eigenvalue weighted by atomic mass is 19.1. The second kappa shape index (κ2) is 7.73. The van der Waals surface area contributed by atoms with E-state index in [1.54, 1.807) is 12.1 Å². The maximum absolute atomic E-state index is 12.8. The molecule has 0 spiro atoms. The van der Waals surface area contributed by atoms with Crippen molar-refractivity contribution in [3.8, 4) is 5.75 Å². The Morgan fingerprint density at radius 2 is 1.75 bits per heavy atom. The number of rotatable bonds is 5. The summed E-state index contributed by atoms with van der Waals surface area (Å²) in [6, 6.07) is 13.4. The molecule has 0 bridgehead atoms. The summed E-state index contributed by atoms with van der Waals surface area (Å²) >= 11 is 0. The van der Waals surface area contributed by atoms with Gasteiger partial charge < -0.3 is 4.74 Å². The zero-order valence-corrected chi connectivity index (χ0v) is 14.0. The third kappa shape index (κ3) is 5.50. The predicted octanol–water partition coefficient (Wildman–Crippen LogP) is 3.65. The molecule has 2 aromatic carbocycles. The molecule has 4 nitrogen and oxygen atoms in total. The standard InChI is InChI=1S/C19H21FN2O2/c1-19(2,3)15-6-10-17(11-7-15)24-13-18(23)22-21-12-14-4-8-16(20)9-5-14/h4-12H,13H2,1-3H3,(H,22,23)/b21-12+. The summed E-state index contributed by atoms with van der Waals surface area (Å²) in [6.45, 7) is 6.27. The first-order valence-electron chi connectivity index (χ1n) is 7.65. The van der Waals surface area contributed by atoms with Crippen molar-refractivity contribution in [1.82, 2.24) is 5.43 Å². The summed E-state index contributed by atoms with van der Waals surface area (Å²) in [5, 5.41) is 3.80. The molecule has 1 amide bonds. The Hall–Kier alpha value is -2.69.